The molecule has 1 aromatic carbocycles. The first-order chi connectivity index (χ1) is 11.8. The van der Waals surface area contributed by atoms with Gasteiger partial charge in [-0.1, -0.05) is 24.3 Å². The Labute approximate surface area is 168 Å². The van der Waals surface area contributed by atoms with Gasteiger partial charge in [-0.2, -0.15) is 0 Å². The van der Waals surface area contributed by atoms with Crippen molar-refractivity contribution in [3.05, 3.63) is 35.4 Å². The summed E-state index contributed by atoms with van der Waals surface area (Å²) in [5.41, 5.74) is 2.79. The summed E-state index contributed by atoms with van der Waals surface area (Å²) in [5, 5.41) is 3.46. The number of likely N-dealkylation sites (tertiary alicyclic amines) is 1. The lowest BCUT2D eigenvalue weighted by Gasteiger charge is -2.25. The van der Waals surface area contributed by atoms with Crippen LogP contribution in [0.4, 0.5) is 0 Å². The van der Waals surface area contributed by atoms with Crippen LogP contribution >= 0.6 is 24.0 Å². The molecule has 0 aliphatic carbocycles. The average Bonchev–Trinajstić information content (AvgIpc) is 3.23. The number of aliphatic imine (C=N–C) groups is 1. The van der Waals surface area contributed by atoms with Crippen LogP contribution in [0.2, 0.25) is 0 Å². The van der Waals surface area contributed by atoms with Crippen LogP contribution in [0.25, 0.3) is 0 Å². The Bertz CT molecular complexity index is 574. The van der Waals surface area contributed by atoms with Gasteiger partial charge in [0.15, 0.2) is 5.96 Å². The van der Waals surface area contributed by atoms with Crippen LogP contribution < -0.4 is 5.32 Å². The highest BCUT2D eigenvalue weighted by atomic mass is 127. The predicted octanol–water partition coefficient (Wildman–Crippen LogP) is 3.03. The molecule has 140 valence electrons. The molecule has 1 spiro atoms. The first-order valence-electron chi connectivity index (χ1n) is 8.93. The second-order valence-corrected chi connectivity index (χ2v) is 6.85. The average molecular weight is 459 g/mol. The molecule has 1 aromatic rings. The Morgan fingerprint density at radius 2 is 2.12 bits per heavy atom. The molecule has 3 rings (SSSR count). The third-order valence-corrected chi connectivity index (χ3v) is 5.08. The molecule has 2 aliphatic heterocycles. The first-order valence-corrected chi connectivity index (χ1v) is 8.93. The summed E-state index contributed by atoms with van der Waals surface area (Å²) in [7, 11) is 1.73. The van der Waals surface area contributed by atoms with Crippen molar-refractivity contribution < 1.29 is 9.47 Å². The van der Waals surface area contributed by atoms with Gasteiger partial charge < -0.3 is 19.7 Å². The Kier molecular flexibility index (Phi) is 7.96. The van der Waals surface area contributed by atoms with E-state index in [1.54, 1.807) is 7.11 Å². The number of guanidine groups is 1. The number of hydrogen-bond donors (Lipinski definition) is 1. The molecule has 0 aromatic heterocycles. The zero-order chi connectivity index (χ0) is 16.8. The normalized spacial score (nSPS) is 23.1. The summed E-state index contributed by atoms with van der Waals surface area (Å²) < 4.78 is 10.9. The van der Waals surface area contributed by atoms with Crippen LogP contribution in [0.15, 0.2) is 29.3 Å². The number of nitrogens with one attached hydrogen (secondary N) is 1. The maximum absolute atomic E-state index is 5.64. The third kappa shape index (κ3) is 5.08. The highest BCUT2D eigenvalue weighted by molar-refractivity contribution is 14.0. The summed E-state index contributed by atoms with van der Waals surface area (Å²) in [6, 6.07) is 8.37. The van der Waals surface area contributed by atoms with E-state index >= 15 is 0 Å². The largest absolute Gasteiger partial charge is 0.381 e. The Balaban J connectivity index is 0.00000225. The Morgan fingerprint density at radius 1 is 1.32 bits per heavy atom. The number of rotatable bonds is 5. The summed E-state index contributed by atoms with van der Waals surface area (Å²) in [5.74, 6) is 1.02. The molecule has 1 atom stereocenters. The van der Waals surface area contributed by atoms with Crippen molar-refractivity contribution in [1.29, 1.82) is 0 Å². The van der Waals surface area contributed by atoms with E-state index in [0.717, 1.165) is 38.8 Å². The molecule has 6 heteroatoms. The number of ether oxygens (including phenoxy) is 2. The minimum Gasteiger partial charge on any atom is -0.381 e. The summed E-state index contributed by atoms with van der Waals surface area (Å²) >= 11 is 0. The molecule has 25 heavy (non-hydrogen) atoms. The van der Waals surface area contributed by atoms with Crippen molar-refractivity contribution in [2.75, 3.05) is 40.0 Å². The highest BCUT2D eigenvalue weighted by Crippen LogP contribution is 2.38. The van der Waals surface area contributed by atoms with E-state index in [4.69, 9.17) is 14.5 Å². The molecule has 0 saturated carbocycles. The molecule has 1 N–H and O–H groups in total. The van der Waals surface area contributed by atoms with Gasteiger partial charge in [0.25, 0.3) is 0 Å². The summed E-state index contributed by atoms with van der Waals surface area (Å²) in [6.07, 6.45) is 2.39. The molecular weight excluding hydrogens is 429 g/mol. The van der Waals surface area contributed by atoms with Gasteiger partial charge in [0.05, 0.1) is 19.8 Å². The monoisotopic (exact) mass is 459 g/mol. The molecule has 1 unspecified atom stereocenters. The SMILES string of the molecule is CCNC(=NCc1ccccc1COC)N1CCC2(CCOC2)C1.I. The topological polar surface area (TPSA) is 46.1 Å². The number of halogens is 1. The van der Waals surface area contributed by atoms with Gasteiger partial charge in [-0.25, -0.2) is 4.99 Å². The molecular formula is C19H30IN3O2. The van der Waals surface area contributed by atoms with Crippen molar-refractivity contribution >= 4 is 29.9 Å². The molecule has 5 nitrogen and oxygen atoms in total. The van der Waals surface area contributed by atoms with E-state index < -0.39 is 0 Å². The van der Waals surface area contributed by atoms with Crippen LogP contribution in [-0.4, -0.2) is 50.8 Å². The van der Waals surface area contributed by atoms with Crippen LogP contribution in [0.3, 0.4) is 0 Å². The van der Waals surface area contributed by atoms with Crippen molar-refractivity contribution in [3.8, 4) is 0 Å². The zero-order valence-corrected chi connectivity index (χ0v) is 17.6. The molecule has 2 aliphatic rings. The second kappa shape index (κ2) is 9.73. The molecule has 0 radical (unpaired) electrons. The lowest BCUT2D eigenvalue weighted by molar-refractivity contribution is 0.156. The molecule has 2 saturated heterocycles. The summed E-state index contributed by atoms with van der Waals surface area (Å²) in [6.45, 7) is 8.25. The van der Waals surface area contributed by atoms with E-state index in [0.29, 0.717) is 18.6 Å². The number of methoxy groups -OCH3 is 1. The van der Waals surface area contributed by atoms with Crippen molar-refractivity contribution in [2.24, 2.45) is 10.4 Å². The molecule has 0 amide bonds. The van der Waals surface area contributed by atoms with Crippen LogP contribution in [0.5, 0.6) is 0 Å². The summed E-state index contributed by atoms with van der Waals surface area (Å²) in [4.78, 5) is 7.30. The van der Waals surface area contributed by atoms with Gasteiger partial charge >= 0.3 is 0 Å². The minimum atomic E-state index is 0. The van der Waals surface area contributed by atoms with Crippen molar-refractivity contribution in [3.63, 3.8) is 0 Å². The predicted molar refractivity (Wildman–Crippen MR) is 111 cm³/mol. The van der Waals surface area contributed by atoms with Crippen molar-refractivity contribution in [1.82, 2.24) is 10.2 Å². The smallest absolute Gasteiger partial charge is 0.194 e. The van der Waals surface area contributed by atoms with Gasteiger partial charge in [0.2, 0.25) is 0 Å². The fourth-order valence-electron chi connectivity index (χ4n) is 3.68. The van der Waals surface area contributed by atoms with Crippen LogP contribution in [0, 0.1) is 5.41 Å². The van der Waals surface area contributed by atoms with E-state index in [1.165, 1.54) is 24.0 Å². The van der Waals surface area contributed by atoms with Gasteiger partial charge in [0.1, 0.15) is 0 Å². The zero-order valence-electron chi connectivity index (χ0n) is 15.3. The minimum absolute atomic E-state index is 0. The van der Waals surface area contributed by atoms with Gasteiger partial charge in [-0.05, 0) is 30.9 Å². The third-order valence-electron chi connectivity index (χ3n) is 5.08. The van der Waals surface area contributed by atoms with Crippen molar-refractivity contribution in [2.45, 2.75) is 32.9 Å². The number of benzene rings is 1. The second-order valence-electron chi connectivity index (χ2n) is 6.85. The Morgan fingerprint density at radius 3 is 2.80 bits per heavy atom. The number of hydrogen-bond acceptors (Lipinski definition) is 3. The van der Waals surface area contributed by atoms with Gasteiger partial charge in [-0.3, -0.25) is 0 Å². The molecule has 2 fully saturated rings. The quantitative estimate of drug-likeness (QED) is 0.418. The van der Waals surface area contributed by atoms with E-state index in [9.17, 15) is 0 Å². The standard InChI is InChI=1S/C19H29N3O2.HI/c1-3-20-18(22-10-8-19(14-22)9-11-24-15-19)21-12-16-6-4-5-7-17(16)13-23-2;/h4-7H,3,8-15H2,1-2H3,(H,20,21);1H. The highest BCUT2D eigenvalue weighted by Gasteiger charge is 2.42. The fraction of sp³-hybridized carbons (Fsp3) is 0.632. The lowest BCUT2D eigenvalue weighted by Crippen LogP contribution is -2.41. The van der Waals surface area contributed by atoms with Crippen LogP contribution in [-0.2, 0) is 22.6 Å². The number of nitrogens with zero attached hydrogens (tertiary/aromatic N) is 2. The maximum atomic E-state index is 5.64. The maximum Gasteiger partial charge on any atom is 0.194 e. The molecule has 0 bridgehead atoms. The lowest BCUT2D eigenvalue weighted by atomic mass is 9.87. The van der Waals surface area contributed by atoms with E-state index in [-0.39, 0.29) is 24.0 Å². The van der Waals surface area contributed by atoms with Crippen LogP contribution in [0.1, 0.15) is 30.9 Å². The fourth-order valence-corrected chi connectivity index (χ4v) is 3.68. The Hall–Kier alpha value is -0.860. The van der Waals surface area contributed by atoms with E-state index in [1.807, 2.05) is 0 Å². The van der Waals surface area contributed by atoms with E-state index in [2.05, 4.69) is 41.4 Å². The van der Waals surface area contributed by atoms with Gasteiger partial charge in [-0.15, -0.1) is 24.0 Å². The first kappa shape index (κ1) is 20.5. The van der Waals surface area contributed by atoms with Gasteiger partial charge in [0, 0.05) is 38.8 Å². The molecule has 2 heterocycles.